The molecule has 5 rings (SSSR count). The SMILES string of the molecule is CCOC(=O)O[C@]1(C(=O)COC(=O)Oc2ccc(C(=O)OCCCCON(O)O)cc2OC)CC[C@H]2[C@@H]3CCC4=CC(=O)C=C[C@]4(C)[C@H]3[C@@H](O)C[C@@]21C. The number of esters is 1. The highest BCUT2D eigenvalue weighted by Crippen LogP contribution is 2.68. The number of hydrogen-bond acceptors (Lipinski definition) is 16. The summed E-state index contributed by atoms with van der Waals surface area (Å²) in [6.07, 6.45) is 4.72. The number of fused-ring (bicyclic) bond motifs is 5. The molecule has 0 saturated heterocycles. The van der Waals surface area contributed by atoms with Crippen LogP contribution in [0.25, 0.3) is 0 Å². The van der Waals surface area contributed by atoms with E-state index in [2.05, 4.69) is 4.84 Å². The minimum Gasteiger partial charge on any atom is -0.493 e. The fourth-order valence-corrected chi connectivity index (χ4v) is 9.12. The summed E-state index contributed by atoms with van der Waals surface area (Å²) in [6, 6.07) is 3.93. The van der Waals surface area contributed by atoms with Gasteiger partial charge in [-0.25, -0.2) is 14.4 Å². The minimum atomic E-state index is -1.78. The highest BCUT2D eigenvalue weighted by Gasteiger charge is 2.70. The Labute approximate surface area is 306 Å². The van der Waals surface area contributed by atoms with E-state index in [1.807, 2.05) is 19.9 Å². The maximum Gasteiger partial charge on any atom is 0.514 e. The molecule has 7 atom stereocenters. The van der Waals surface area contributed by atoms with Crippen LogP contribution < -0.4 is 9.47 Å². The van der Waals surface area contributed by atoms with Gasteiger partial charge in [0.2, 0.25) is 5.78 Å². The fourth-order valence-electron chi connectivity index (χ4n) is 9.12. The van der Waals surface area contributed by atoms with Gasteiger partial charge in [0.05, 0.1) is 44.0 Å². The lowest BCUT2D eigenvalue weighted by Gasteiger charge is -2.59. The lowest BCUT2D eigenvalue weighted by molar-refractivity contribution is -0.492. The number of carbonyl (C=O) groups excluding carboxylic acids is 5. The van der Waals surface area contributed by atoms with E-state index >= 15 is 0 Å². The molecule has 1 aromatic rings. The van der Waals surface area contributed by atoms with Crippen molar-refractivity contribution in [3.8, 4) is 11.5 Å². The first-order chi connectivity index (χ1) is 25.2. The monoisotopic (exact) mass is 745 g/mol. The van der Waals surface area contributed by atoms with Crippen LogP contribution in [-0.4, -0.2) is 96.0 Å². The Hall–Kier alpha value is -4.35. The number of unbranched alkanes of at least 4 members (excludes halogenated alkanes) is 1. The molecule has 3 fully saturated rings. The van der Waals surface area contributed by atoms with E-state index in [4.69, 9.17) is 38.8 Å². The van der Waals surface area contributed by atoms with Crippen LogP contribution in [0, 0.1) is 28.6 Å². The average Bonchev–Trinajstić information content (AvgIpc) is 3.40. The highest BCUT2D eigenvalue weighted by atomic mass is 17.1. The Morgan fingerprint density at radius 3 is 2.45 bits per heavy atom. The van der Waals surface area contributed by atoms with Crippen LogP contribution in [0.15, 0.2) is 42.0 Å². The van der Waals surface area contributed by atoms with Gasteiger partial charge in [0.15, 0.2) is 29.5 Å². The number of ketones is 2. The second-order valence-electron chi connectivity index (χ2n) is 14.2. The van der Waals surface area contributed by atoms with Crippen LogP contribution in [0.1, 0.15) is 76.1 Å². The van der Waals surface area contributed by atoms with Gasteiger partial charge in [-0.1, -0.05) is 25.5 Å². The van der Waals surface area contributed by atoms with Crippen molar-refractivity contribution >= 4 is 29.8 Å². The molecule has 0 amide bonds. The second kappa shape index (κ2) is 16.3. The van der Waals surface area contributed by atoms with Gasteiger partial charge in [0, 0.05) is 16.7 Å². The number of carbonyl (C=O) groups is 5. The maximum atomic E-state index is 14.2. The van der Waals surface area contributed by atoms with Crippen molar-refractivity contribution in [3.05, 3.63) is 47.6 Å². The third-order valence-electron chi connectivity index (χ3n) is 11.5. The Balaban J connectivity index is 1.27. The molecule has 290 valence electrons. The zero-order chi connectivity index (χ0) is 38.6. The Bertz CT molecular complexity index is 1640. The molecule has 53 heavy (non-hydrogen) atoms. The van der Waals surface area contributed by atoms with Crippen molar-refractivity contribution in [2.24, 2.45) is 28.6 Å². The molecule has 4 aliphatic carbocycles. The standard InChI is InChI=1S/C37H47NO15/c1-5-48-34(44)53-37(15-13-26-25-10-9-23-19-24(39)12-14-35(23,2)31(25)27(40)20-36(26,37)3)30(41)21-50-33(43)52-28-11-8-22(18-29(28)47-4)32(42)49-16-6-7-17-51-38(45)46/h8,11-12,14,18-19,25-27,31,40,45-46H,5-7,9-10,13,15-17,20-21H2,1-4H3/t25-,26-,27-,31+,35-,36-,37-/m0/s1. The predicted octanol–water partition coefficient (Wildman–Crippen LogP) is 4.92. The number of Topliss-reactive ketones (excluding diaryl/α,β-unsaturated/α-hetero) is 1. The summed E-state index contributed by atoms with van der Waals surface area (Å²) < 4.78 is 32.1. The molecule has 0 spiro atoms. The molecular weight excluding hydrogens is 698 g/mol. The minimum absolute atomic E-state index is 0.00149. The Morgan fingerprint density at radius 1 is 0.981 bits per heavy atom. The lowest BCUT2D eigenvalue weighted by atomic mass is 9.46. The third-order valence-corrected chi connectivity index (χ3v) is 11.5. The predicted molar refractivity (Wildman–Crippen MR) is 180 cm³/mol. The highest BCUT2D eigenvalue weighted by molar-refractivity contribution is 6.01. The lowest BCUT2D eigenvalue weighted by Crippen LogP contribution is -2.63. The number of aliphatic hydroxyl groups excluding tert-OH is 1. The van der Waals surface area contributed by atoms with Gasteiger partial charge in [-0.15, -0.1) is 0 Å². The van der Waals surface area contributed by atoms with Gasteiger partial charge >= 0.3 is 18.3 Å². The number of rotatable bonds is 14. The normalized spacial score (nSPS) is 30.0. The Morgan fingerprint density at radius 2 is 1.74 bits per heavy atom. The molecule has 16 heteroatoms. The second-order valence-corrected chi connectivity index (χ2v) is 14.2. The number of ether oxygens (including phenoxy) is 6. The van der Waals surface area contributed by atoms with Crippen molar-refractivity contribution in [1.82, 2.24) is 5.39 Å². The number of methoxy groups -OCH3 is 1. The van der Waals surface area contributed by atoms with Gasteiger partial charge in [0.1, 0.15) is 0 Å². The molecule has 0 radical (unpaired) electrons. The van der Waals surface area contributed by atoms with E-state index in [0.717, 1.165) is 5.57 Å². The first-order valence-electron chi connectivity index (χ1n) is 17.7. The van der Waals surface area contributed by atoms with E-state index in [0.29, 0.717) is 32.1 Å². The maximum absolute atomic E-state index is 14.2. The van der Waals surface area contributed by atoms with Gasteiger partial charge in [-0.2, -0.15) is 0 Å². The number of allylic oxidation sites excluding steroid dienone is 4. The van der Waals surface area contributed by atoms with Crippen LogP contribution in [0.4, 0.5) is 9.59 Å². The summed E-state index contributed by atoms with van der Waals surface area (Å²) in [5.41, 5.74) is -2.29. The molecule has 3 N–H and O–H groups in total. The number of aliphatic hydroxyl groups is 1. The molecule has 4 aliphatic rings. The molecule has 16 nitrogen and oxygen atoms in total. The van der Waals surface area contributed by atoms with E-state index < -0.39 is 58.6 Å². The van der Waals surface area contributed by atoms with Gasteiger partial charge in [-0.3, -0.25) is 24.8 Å². The van der Waals surface area contributed by atoms with Crippen molar-refractivity contribution in [1.29, 1.82) is 0 Å². The first-order valence-corrected chi connectivity index (χ1v) is 17.7. The van der Waals surface area contributed by atoms with Crippen LogP contribution in [-0.2, 0) is 33.4 Å². The van der Waals surface area contributed by atoms with Crippen molar-refractivity contribution in [2.75, 3.05) is 33.5 Å². The van der Waals surface area contributed by atoms with Gasteiger partial charge in [-0.05, 0) is 94.1 Å². The summed E-state index contributed by atoms with van der Waals surface area (Å²) in [5, 5.41) is 28.5. The quantitative estimate of drug-likeness (QED) is 0.0758. The largest absolute Gasteiger partial charge is 0.514 e. The van der Waals surface area contributed by atoms with E-state index in [-0.39, 0.29) is 73.3 Å². The Kier molecular flexibility index (Phi) is 12.3. The molecule has 1 aromatic carbocycles. The number of nitrogens with zero attached hydrogens (tertiary/aromatic N) is 1. The fraction of sp³-hybridized carbons (Fsp3) is 0.595. The zero-order valence-corrected chi connectivity index (χ0v) is 30.2. The zero-order valence-electron chi connectivity index (χ0n) is 30.2. The molecule has 0 heterocycles. The summed E-state index contributed by atoms with van der Waals surface area (Å²) >= 11 is 0. The van der Waals surface area contributed by atoms with Crippen molar-refractivity contribution < 1.29 is 72.8 Å². The topological polar surface area (TPSA) is 214 Å². The summed E-state index contributed by atoms with van der Waals surface area (Å²) in [5.74, 6) is -1.99. The van der Waals surface area contributed by atoms with Crippen LogP contribution in [0.3, 0.4) is 0 Å². The van der Waals surface area contributed by atoms with Crippen molar-refractivity contribution in [2.45, 2.75) is 77.4 Å². The number of hydrogen-bond donors (Lipinski definition) is 3. The smallest absolute Gasteiger partial charge is 0.493 e. The van der Waals surface area contributed by atoms with Gasteiger partial charge in [0.25, 0.3) is 0 Å². The summed E-state index contributed by atoms with van der Waals surface area (Å²) in [4.78, 5) is 69.2. The molecule has 0 aromatic heterocycles. The van der Waals surface area contributed by atoms with E-state index in [1.165, 1.54) is 25.3 Å². The summed E-state index contributed by atoms with van der Waals surface area (Å²) in [6.45, 7) is 4.68. The van der Waals surface area contributed by atoms with Crippen LogP contribution >= 0.6 is 0 Å². The summed E-state index contributed by atoms with van der Waals surface area (Å²) in [7, 11) is 1.29. The van der Waals surface area contributed by atoms with Crippen LogP contribution in [0.2, 0.25) is 0 Å². The third kappa shape index (κ3) is 7.97. The molecular formula is C37H47NO15. The molecule has 3 saturated carbocycles. The molecule has 0 bridgehead atoms. The van der Waals surface area contributed by atoms with E-state index in [9.17, 15) is 29.1 Å². The molecule has 0 unspecified atom stereocenters. The average molecular weight is 746 g/mol. The molecule has 0 aliphatic heterocycles. The van der Waals surface area contributed by atoms with Crippen LogP contribution in [0.5, 0.6) is 11.5 Å². The first kappa shape index (κ1) is 39.8. The van der Waals surface area contributed by atoms with E-state index in [1.54, 1.807) is 19.1 Å². The number of benzene rings is 1. The van der Waals surface area contributed by atoms with Crippen molar-refractivity contribution in [3.63, 3.8) is 0 Å². The van der Waals surface area contributed by atoms with Gasteiger partial charge < -0.3 is 33.5 Å².